The van der Waals surface area contributed by atoms with Gasteiger partial charge in [0, 0.05) is 26.0 Å². The number of halogens is 1. The summed E-state index contributed by atoms with van der Waals surface area (Å²) in [7, 11) is 3.31. The molecule has 136 valence electrons. The number of benzene rings is 1. The van der Waals surface area contributed by atoms with Crippen LogP contribution in [0.4, 0.5) is 5.69 Å². The van der Waals surface area contributed by atoms with Crippen molar-refractivity contribution in [3.8, 4) is 5.75 Å². The van der Waals surface area contributed by atoms with E-state index >= 15 is 0 Å². The fourth-order valence-electron chi connectivity index (χ4n) is 1.82. The van der Waals surface area contributed by atoms with E-state index in [9.17, 15) is 9.59 Å². The minimum absolute atomic E-state index is 0. The molecule has 0 saturated heterocycles. The van der Waals surface area contributed by atoms with Crippen LogP contribution in [0.15, 0.2) is 23.6 Å². The van der Waals surface area contributed by atoms with E-state index in [-0.39, 0.29) is 30.8 Å². The Morgan fingerprint density at radius 3 is 2.68 bits per heavy atom. The molecule has 0 aliphatic heterocycles. The van der Waals surface area contributed by atoms with Gasteiger partial charge in [0.25, 0.3) is 11.8 Å². The number of hydrogen-bond donors (Lipinski definition) is 2. The second-order valence-electron chi connectivity index (χ2n) is 5.36. The lowest BCUT2D eigenvalue weighted by atomic mass is 10.2. The number of hydrogen-bond acceptors (Lipinski definition) is 6. The van der Waals surface area contributed by atoms with Crippen molar-refractivity contribution in [3.63, 3.8) is 0 Å². The third-order valence-electron chi connectivity index (χ3n) is 3.19. The number of carbonyl (C=O) groups is 2. The van der Waals surface area contributed by atoms with Crippen LogP contribution in [-0.4, -0.2) is 42.4 Å². The van der Waals surface area contributed by atoms with Gasteiger partial charge in [-0.3, -0.25) is 9.59 Å². The molecule has 3 N–H and O–H groups in total. The zero-order valence-corrected chi connectivity index (χ0v) is 15.9. The number of carbonyl (C=O) groups excluding carboxylic acids is 2. The van der Waals surface area contributed by atoms with Gasteiger partial charge in [-0.15, -0.1) is 23.7 Å². The monoisotopic (exact) mass is 384 g/mol. The van der Waals surface area contributed by atoms with Crippen LogP contribution < -0.4 is 15.8 Å². The lowest BCUT2D eigenvalue weighted by Gasteiger charge is -2.15. The van der Waals surface area contributed by atoms with Crippen LogP contribution in [0, 0.1) is 6.92 Å². The topological polar surface area (TPSA) is 97.5 Å². The fraction of sp³-hybridized carbons (Fsp3) is 0.312. The molecule has 2 aromatic rings. The van der Waals surface area contributed by atoms with E-state index in [4.69, 9.17) is 10.5 Å². The van der Waals surface area contributed by atoms with Crippen LogP contribution in [0.25, 0.3) is 0 Å². The highest BCUT2D eigenvalue weighted by Crippen LogP contribution is 2.26. The molecule has 25 heavy (non-hydrogen) atoms. The van der Waals surface area contributed by atoms with E-state index < -0.39 is 0 Å². The van der Waals surface area contributed by atoms with Crippen molar-refractivity contribution in [2.45, 2.75) is 13.5 Å². The molecule has 2 amide bonds. The molecular formula is C16H21ClN4O3S. The van der Waals surface area contributed by atoms with Gasteiger partial charge >= 0.3 is 0 Å². The van der Waals surface area contributed by atoms with Gasteiger partial charge in [-0.1, -0.05) is 6.07 Å². The van der Waals surface area contributed by atoms with E-state index in [1.165, 1.54) is 16.2 Å². The second-order valence-corrected chi connectivity index (χ2v) is 6.30. The van der Waals surface area contributed by atoms with Crippen LogP contribution in [0.3, 0.4) is 0 Å². The number of amides is 2. The maximum absolute atomic E-state index is 12.3. The molecule has 1 aromatic carbocycles. The van der Waals surface area contributed by atoms with Gasteiger partial charge in [0.2, 0.25) is 0 Å². The predicted octanol–water partition coefficient (Wildman–Crippen LogP) is 2.05. The van der Waals surface area contributed by atoms with Crippen molar-refractivity contribution in [2.75, 3.05) is 26.0 Å². The first-order valence-electron chi connectivity index (χ1n) is 7.30. The Hall–Kier alpha value is -2.16. The summed E-state index contributed by atoms with van der Waals surface area (Å²) in [6.45, 7) is 2.09. The highest BCUT2D eigenvalue weighted by Gasteiger charge is 2.14. The van der Waals surface area contributed by atoms with Gasteiger partial charge in [0.15, 0.2) is 6.61 Å². The SMILES string of the molecule is Cc1ccc(NC(=O)c2csc(CN)n2)c(OCC(=O)N(C)C)c1.Cl. The Morgan fingerprint density at radius 1 is 1.36 bits per heavy atom. The van der Waals surface area contributed by atoms with Gasteiger partial charge in [-0.05, 0) is 24.6 Å². The highest BCUT2D eigenvalue weighted by atomic mass is 35.5. The van der Waals surface area contributed by atoms with Gasteiger partial charge in [0.05, 0.1) is 5.69 Å². The van der Waals surface area contributed by atoms with Crippen molar-refractivity contribution >= 4 is 41.2 Å². The van der Waals surface area contributed by atoms with Crippen molar-refractivity contribution < 1.29 is 14.3 Å². The third kappa shape index (κ3) is 5.70. The van der Waals surface area contributed by atoms with E-state index in [0.717, 1.165) is 5.56 Å². The van der Waals surface area contributed by atoms with Crippen molar-refractivity contribution in [2.24, 2.45) is 5.73 Å². The number of nitrogens with two attached hydrogens (primary N) is 1. The zero-order valence-electron chi connectivity index (χ0n) is 14.2. The molecule has 0 radical (unpaired) electrons. The van der Waals surface area contributed by atoms with Gasteiger partial charge in [-0.25, -0.2) is 4.98 Å². The highest BCUT2D eigenvalue weighted by molar-refractivity contribution is 7.09. The predicted molar refractivity (Wildman–Crippen MR) is 101 cm³/mol. The molecule has 0 aliphatic carbocycles. The standard InChI is InChI=1S/C16H20N4O3S.ClH/c1-10-4-5-11(13(6-10)23-8-15(21)20(2)3)19-16(22)12-9-24-14(7-17)18-12;/h4-6,9H,7-8,17H2,1-3H3,(H,19,22);1H. The summed E-state index contributed by atoms with van der Waals surface area (Å²) in [6, 6.07) is 5.35. The minimum atomic E-state index is -0.349. The maximum atomic E-state index is 12.3. The summed E-state index contributed by atoms with van der Waals surface area (Å²) in [6.07, 6.45) is 0. The Balaban J connectivity index is 0.00000312. The van der Waals surface area contributed by atoms with Gasteiger partial charge in [0.1, 0.15) is 16.5 Å². The first-order chi connectivity index (χ1) is 11.4. The zero-order chi connectivity index (χ0) is 17.7. The molecule has 1 heterocycles. The fourth-order valence-corrected chi connectivity index (χ4v) is 2.47. The third-order valence-corrected chi connectivity index (χ3v) is 4.07. The summed E-state index contributed by atoms with van der Waals surface area (Å²) >= 11 is 1.33. The molecular weight excluding hydrogens is 364 g/mol. The number of aromatic nitrogens is 1. The molecule has 0 aliphatic rings. The molecule has 2 rings (SSSR count). The Labute approximate surface area is 156 Å². The van der Waals surface area contributed by atoms with Crippen LogP contribution in [-0.2, 0) is 11.3 Å². The lowest BCUT2D eigenvalue weighted by Crippen LogP contribution is -2.27. The first kappa shape index (κ1) is 20.9. The van der Waals surface area contributed by atoms with Crippen molar-refractivity contribution in [1.29, 1.82) is 0 Å². The number of thiazole rings is 1. The van der Waals surface area contributed by atoms with E-state index in [0.29, 0.717) is 28.7 Å². The minimum Gasteiger partial charge on any atom is -0.482 e. The molecule has 1 aromatic heterocycles. The summed E-state index contributed by atoms with van der Waals surface area (Å²) in [5.74, 6) is -0.0766. The van der Waals surface area contributed by atoms with Crippen LogP contribution in [0.5, 0.6) is 5.75 Å². The molecule has 0 spiro atoms. The average Bonchev–Trinajstić information content (AvgIpc) is 3.03. The number of nitrogens with one attached hydrogen (secondary N) is 1. The lowest BCUT2D eigenvalue weighted by molar-refractivity contribution is -0.130. The number of aryl methyl sites for hydroxylation is 1. The summed E-state index contributed by atoms with van der Waals surface area (Å²) in [5, 5.41) is 5.11. The van der Waals surface area contributed by atoms with E-state index in [2.05, 4.69) is 10.3 Å². The van der Waals surface area contributed by atoms with Crippen LogP contribution in [0.1, 0.15) is 21.1 Å². The Bertz CT molecular complexity index is 749. The second kappa shape index (κ2) is 9.36. The summed E-state index contributed by atoms with van der Waals surface area (Å²) in [5.41, 5.74) is 7.25. The van der Waals surface area contributed by atoms with Crippen LogP contribution in [0.2, 0.25) is 0 Å². The molecule has 9 heteroatoms. The Morgan fingerprint density at radius 2 is 2.08 bits per heavy atom. The van der Waals surface area contributed by atoms with Gasteiger partial charge < -0.3 is 20.7 Å². The van der Waals surface area contributed by atoms with Crippen molar-refractivity contribution in [1.82, 2.24) is 9.88 Å². The number of nitrogens with zero attached hydrogens (tertiary/aromatic N) is 2. The number of ether oxygens (including phenoxy) is 1. The first-order valence-corrected chi connectivity index (χ1v) is 8.18. The average molecular weight is 385 g/mol. The summed E-state index contributed by atoms with van der Waals surface area (Å²) in [4.78, 5) is 29.6. The largest absolute Gasteiger partial charge is 0.482 e. The van der Waals surface area contributed by atoms with Gasteiger partial charge in [-0.2, -0.15) is 0 Å². The quantitative estimate of drug-likeness (QED) is 0.794. The number of likely N-dealkylation sites (N-methyl/N-ethyl adjacent to an activating group) is 1. The molecule has 0 bridgehead atoms. The summed E-state index contributed by atoms with van der Waals surface area (Å²) < 4.78 is 5.56. The van der Waals surface area contributed by atoms with E-state index in [1.54, 1.807) is 31.6 Å². The van der Waals surface area contributed by atoms with Crippen LogP contribution >= 0.6 is 23.7 Å². The maximum Gasteiger partial charge on any atom is 0.275 e. The Kier molecular flexibility index (Phi) is 7.82. The number of anilines is 1. The molecule has 7 nitrogen and oxygen atoms in total. The molecule has 0 atom stereocenters. The van der Waals surface area contributed by atoms with E-state index in [1.807, 2.05) is 13.0 Å². The molecule has 0 unspecified atom stereocenters. The normalized spacial score (nSPS) is 9.92. The number of rotatable bonds is 6. The molecule has 0 fully saturated rings. The molecule has 0 saturated carbocycles. The smallest absolute Gasteiger partial charge is 0.275 e. The van der Waals surface area contributed by atoms with Crippen molar-refractivity contribution in [3.05, 3.63) is 39.8 Å².